The topological polar surface area (TPSA) is 60.4 Å². The molecule has 0 radical (unpaired) electrons. The van der Waals surface area contributed by atoms with E-state index in [0.717, 1.165) is 18.2 Å². The van der Waals surface area contributed by atoms with Gasteiger partial charge < -0.3 is 4.74 Å². The maximum atomic E-state index is 12.7. The second-order valence-electron chi connectivity index (χ2n) is 5.37. The third-order valence-corrected chi connectivity index (χ3v) is 5.19. The van der Waals surface area contributed by atoms with Crippen LogP contribution in [0.2, 0.25) is 0 Å². The molecule has 0 aliphatic carbocycles. The van der Waals surface area contributed by atoms with Crippen LogP contribution in [0.25, 0.3) is 5.57 Å². The highest BCUT2D eigenvalue weighted by Gasteiger charge is 2.31. The Morgan fingerprint density at radius 1 is 1.35 bits per heavy atom. The number of ether oxygens (including phenoxy) is 1. The molecule has 1 aliphatic rings. The van der Waals surface area contributed by atoms with Crippen LogP contribution in [0.5, 0.6) is 0 Å². The Morgan fingerprint density at radius 3 is 2.61 bits per heavy atom. The second kappa shape index (κ2) is 6.35. The molecule has 1 saturated heterocycles. The Hall–Kier alpha value is -1.83. The van der Waals surface area contributed by atoms with Crippen LogP contribution in [0.1, 0.15) is 24.5 Å². The van der Waals surface area contributed by atoms with E-state index >= 15 is 0 Å². The molecule has 126 valence electrons. The number of halogens is 3. The summed E-state index contributed by atoms with van der Waals surface area (Å²) in [6.07, 6.45) is -3.85. The minimum absolute atomic E-state index is 0.0265. The van der Waals surface area contributed by atoms with Crippen LogP contribution >= 0.6 is 0 Å². The fraction of sp³-hybridized carbons (Fsp3) is 0.400. The summed E-state index contributed by atoms with van der Waals surface area (Å²) in [4.78, 5) is 11.8. The molecule has 0 saturated carbocycles. The Balaban J connectivity index is 2.09. The van der Waals surface area contributed by atoms with Crippen molar-refractivity contribution in [3.05, 3.63) is 41.5 Å². The highest BCUT2D eigenvalue weighted by Crippen LogP contribution is 2.31. The summed E-state index contributed by atoms with van der Waals surface area (Å²) in [5, 5.41) is 0. The minimum atomic E-state index is -4.46. The number of alkyl halides is 3. The fourth-order valence-electron chi connectivity index (χ4n) is 2.25. The zero-order valence-electron chi connectivity index (χ0n) is 12.3. The van der Waals surface area contributed by atoms with Crippen molar-refractivity contribution in [1.82, 2.24) is 0 Å². The number of carbonyl (C=O) groups excluding carboxylic acids is 1. The van der Waals surface area contributed by atoms with Crippen LogP contribution in [0.15, 0.2) is 30.3 Å². The summed E-state index contributed by atoms with van der Waals surface area (Å²) in [6.45, 7) is 1.49. The third kappa shape index (κ3) is 4.82. The first-order valence-corrected chi connectivity index (χ1v) is 8.66. The van der Waals surface area contributed by atoms with Gasteiger partial charge in [-0.1, -0.05) is 12.1 Å². The molecule has 0 amide bonds. The average molecular weight is 348 g/mol. The molecule has 1 atom stereocenters. The summed E-state index contributed by atoms with van der Waals surface area (Å²) >= 11 is 0. The van der Waals surface area contributed by atoms with Crippen molar-refractivity contribution in [3.8, 4) is 0 Å². The number of benzene rings is 1. The third-order valence-electron chi connectivity index (χ3n) is 3.45. The molecule has 1 aromatic carbocycles. The first kappa shape index (κ1) is 17.5. The maximum Gasteiger partial charge on any atom is 0.416 e. The Bertz CT molecular complexity index is 735. The summed E-state index contributed by atoms with van der Waals surface area (Å²) in [7, 11) is -3.17. The normalized spacial score (nSPS) is 21.2. The standard InChI is InChI=1S/C15H15F3O4S/c1-10(11-3-2-4-12(8-11)15(16,17)18)7-14(19)22-13-5-6-23(20,21)9-13/h2-4,7-8,13H,5-6,9H2,1H3/b10-7+/t13-/m1/s1. The molecular weight excluding hydrogens is 333 g/mol. The summed E-state index contributed by atoms with van der Waals surface area (Å²) in [5.41, 5.74) is -0.254. The lowest BCUT2D eigenvalue weighted by Gasteiger charge is -2.10. The molecule has 23 heavy (non-hydrogen) atoms. The van der Waals surface area contributed by atoms with Crippen LogP contribution < -0.4 is 0 Å². The van der Waals surface area contributed by atoms with Crippen molar-refractivity contribution < 1.29 is 31.1 Å². The summed E-state index contributed by atoms with van der Waals surface area (Å²) in [6, 6.07) is 4.59. The van der Waals surface area contributed by atoms with Gasteiger partial charge in [-0.25, -0.2) is 13.2 Å². The Kier molecular flexibility index (Phi) is 4.84. The average Bonchev–Trinajstić information content (AvgIpc) is 2.76. The van der Waals surface area contributed by atoms with Gasteiger partial charge >= 0.3 is 12.1 Å². The van der Waals surface area contributed by atoms with Gasteiger partial charge in [0, 0.05) is 6.08 Å². The van der Waals surface area contributed by atoms with Gasteiger partial charge in [0.1, 0.15) is 6.10 Å². The first-order chi connectivity index (χ1) is 10.6. The molecule has 1 heterocycles. The van der Waals surface area contributed by atoms with E-state index in [1.807, 2.05) is 0 Å². The molecule has 1 aliphatic heterocycles. The Morgan fingerprint density at radius 2 is 2.04 bits per heavy atom. The SMILES string of the molecule is C/C(=C\C(=O)O[C@@H]1CCS(=O)(=O)C1)c1cccc(C(F)(F)F)c1. The van der Waals surface area contributed by atoms with Crippen LogP contribution in [0.4, 0.5) is 13.2 Å². The zero-order valence-corrected chi connectivity index (χ0v) is 13.1. The van der Waals surface area contributed by atoms with Gasteiger partial charge in [0.05, 0.1) is 17.1 Å². The number of hydrogen-bond acceptors (Lipinski definition) is 4. The molecular formula is C15H15F3O4S. The molecule has 0 bridgehead atoms. The molecule has 0 unspecified atom stereocenters. The van der Waals surface area contributed by atoms with Crippen molar-refractivity contribution in [3.63, 3.8) is 0 Å². The lowest BCUT2D eigenvalue weighted by molar-refractivity contribution is -0.141. The first-order valence-electron chi connectivity index (χ1n) is 6.84. The van der Waals surface area contributed by atoms with Crippen molar-refractivity contribution in [2.24, 2.45) is 0 Å². The predicted molar refractivity (Wildman–Crippen MR) is 78.2 cm³/mol. The van der Waals surface area contributed by atoms with Crippen LogP contribution in [-0.2, 0) is 25.5 Å². The van der Waals surface area contributed by atoms with Gasteiger partial charge in [-0.3, -0.25) is 0 Å². The van der Waals surface area contributed by atoms with Crippen molar-refractivity contribution in [1.29, 1.82) is 0 Å². The van der Waals surface area contributed by atoms with E-state index < -0.39 is 33.7 Å². The number of hydrogen-bond donors (Lipinski definition) is 0. The molecule has 1 fully saturated rings. The van der Waals surface area contributed by atoms with Gasteiger partial charge in [0.15, 0.2) is 9.84 Å². The number of allylic oxidation sites excluding steroid dienone is 1. The molecule has 0 spiro atoms. The van der Waals surface area contributed by atoms with E-state index in [1.165, 1.54) is 19.1 Å². The molecule has 4 nitrogen and oxygen atoms in total. The van der Waals surface area contributed by atoms with Gasteiger partial charge in [0.25, 0.3) is 0 Å². The highest BCUT2D eigenvalue weighted by atomic mass is 32.2. The van der Waals surface area contributed by atoms with Crippen molar-refractivity contribution in [2.45, 2.75) is 25.6 Å². The molecule has 0 aromatic heterocycles. The summed E-state index contributed by atoms with van der Waals surface area (Å²) in [5.74, 6) is -1.00. The van der Waals surface area contributed by atoms with E-state index in [9.17, 15) is 26.4 Å². The number of sulfone groups is 1. The van der Waals surface area contributed by atoms with Gasteiger partial charge in [-0.05, 0) is 36.6 Å². The highest BCUT2D eigenvalue weighted by molar-refractivity contribution is 7.91. The van der Waals surface area contributed by atoms with Crippen LogP contribution in [-0.4, -0.2) is 32.0 Å². The molecule has 0 N–H and O–H groups in total. The molecule has 2 rings (SSSR count). The minimum Gasteiger partial charge on any atom is -0.458 e. The summed E-state index contributed by atoms with van der Waals surface area (Å²) < 4.78 is 65.6. The number of rotatable bonds is 3. The fourth-order valence-corrected chi connectivity index (χ4v) is 3.84. The van der Waals surface area contributed by atoms with Crippen LogP contribution in [0, 0.1) is 0 Å². The quantitative estimate of drug-likeness (QED) is 0.623. The van der Waals surface area contributed by atoms with Crippen molar-refractivity contribution in [2.75, 3.05) is 11.5 Å². The smallest absolute Gasteiger partial charge is 0.416 e. The second-order valence-corrected chi connectivity index (χ2v) is 7.60. The van der Waals surface area contributed by atoms with E-state index in [-0.39, 0.29) is 23.5 Å². The van der Waals surface area contributed by atoms with Crippen LogP contribution in [0.3, 0.4) is 0 Å². The molecule has 8 heteroatoms. The largest absolute Gasteiger partial charge is 0.458 e. The lowest BCUT2D eigenvalue weighted by atomic mass is 10.0. The monoisotopic (exact) mass is 348 g/mol. The van der Waals surface area contributed by atoms with E-state index in [4.69, 9.17) is 4.74 Å². The van der Waals surface area contributed by atoms with Gasteiger partial charge in [-0.15, -0.1) is 0 Å². The van der Waals surface area contributed by atoms with E-state index in [1.54, 1.807) is 0 Å². The Labute approximate surface area is 131 Å². The molecule has 1 aromatic rings. The van der Waals surface area contributed by atoms with Gasteiger partial charge in [-0.2, -0.15) is 13.2 Å². The zero-order chi connectivity index (χ0) is 17.3. The van der Waals surface area contributed by atoms with Crippen molar-refractivity contribution >= 4 is 21.4 Å². The van der Waals surface area contributed by atoms with Gasteiger partial charge in [0.2, 0.25) is 0 Å². The van der Waals surface area contributed by atoms with E-state index in [2.05, 4.69) is 0 Å². The lowest BCUT2D eigenvalue weighted by Crippen LogP contribution is -2.18. The predicted octanol–water partition coefficient (Wildman–Crippen LogP) is 2.84. The number of carbonyl (C=O) groups is 1. The number of esters is 1. The van der Waals surface area contributed by atoms with E-state index in [0.29, 0.717) is 5.57 Å². The maximum absolute atomic E-state index is 12.7.